The number of β-lactam (4-membered cyclic amide) rings is 1. The minimum Gasteiger partial charge on any atom is -0.445 e. The molecule has 27 heavy (non-hydrogen) atoms. The first-order chi connectivity index (χ1) is 13.0. The van der Waals surface area contributed by atoms with Gasteiger partial charge in [-0.25, -0.2) is 4.79 Å². The van der Waals surface area contributed by atoms with Gasteiger partial charge in [-0.05, 0) is 17.9 Å². The highest BCUT2D eigenvalue weighted by molar-refractivity contribution is 5.95. The SMILES string of the molecule is CC(C)C[C@H](NC(=O)OCc1ccccc1)C(=O)N[C@@H]1C(=O)N2CCO[C@H]12. The summed E-state index contributed by atoms with van der Waals surface area (Å²) in [6.45, 7) is 5.05. The van der Waals surface area contributed by atoms with Crippen molar-refractivity contribution in [3.63, 3.8) is 0 Å². The van der Waals surface area contributed by atoms with Crippen LogP contribution in [-0.2, 0) is 25.7 Å². The molecule has 0 saturated carbocycles. The van der Waals surface area contributed by atoms with Crippen molar-refractivity contribution >= 4 is 17.9 Å². The molecule has 0 bridgehead atoms. The van der Waals surface area contributed by atoms with E-state index < -0.39 is 30.3 Å². The van der Waals surface area contributed by atoms with Crippen molar-refractivity contribution in [3.8, 4) is 0 Å². The van der Waals surface area contributed by atoms with Crippen molar-refractivity contribution < 1.29 is 23.9 Å². The van der Waals surface area contributed by atoms with Gasteiger partial charge in [-0.3, -0.25) is 9.59 Å². The highest BCUT2D eigenvalue weighted by Crippen LogP contribution is 2.25. The number of alkyl carbamates (subject to hydrolysis) is 1. The van der Waals surface area contributed by atoms with Gasteiger partial charge in [0.1, 0.15) is 12.6 Å². The molecule has 2 fully saturated rings. The standard InChI is InChI=1S/C19H25N3O5/c1-12(2)10-14(20-19(25)27-11-13-6-4-3-5-7-13)16(23)21-15-17(24)22-8-9-26-18(15)22/h3-7,12,14-15,18H,8-11H2,1-2H3,(H,20,25)(H,21,23)/t14-,15+,18+/m0/s1. The van der Waals surface area contributed by atoms with Crippen molar-refractivity contribution in [2.75, 3.05) is 13.2 Å². The van der Waals surface area contributed by atoms with Crippen LogP contribution in [0.2, 0.25) is 0 Å². The predicted octanol–water partition coefficient (Wildman–Crippen LogP) is 1.01. The van der Waals surface area contributed by atoms with Gasteiger partial charge in [0.15, 0.2) is 12.3 Å². The molecule has 2 N–H and O–H groups in total. The topological polar surface area (TPSA) is 97.0 Å². The quantitative estimate of drug-likeness (QED) is 0.694. The van der Waals surface area contributed by atoms with Gasteiger partial charge in [0.05, 0.1) is 6.61 Å². The predicted molar refractivity (Wildman–Crippen MR) is 96.4 cm³/mol. The molecule has 3 rings (SSSR count). The summed E-state index contributed by atoms with van der Waals surface area (Å²) >= 11 is 0. The summed E-state index contributed by atoms with van der Waals surface area (Å²) in [7, 11) is 0. The van der Waals surface area contributed by atoms with Crippen LogP contribution >= 0.6 is 0 Å². The number of amides is 3. The average Bonchev–Trinajstić information content (AvgIpc) is 3.09. The number of hydrogen-bond acceptors (Lipinski definition) is 5. The molecule has 2 heterocycles. The van der Waals surface area contributed by atoms with Crippen LogP contribution < -0.4 is 10.6 Å². The minimum absolute atomic E-state index is 0.120. The fourth-order valence-electron chi connectivity index (χ4n) is 3.22. The van der Waals surface area contributed by atoms with Crippen molar-refractivity contribution in [1.82, 2.24) is 15.5 Å². The summed E-state index contributed by atoms with van der Waals surface area (Å²) in [5, 5.41) is 5.30. The van der Waals surface area contributed by atoms with Crippen molar-refractivity contribution in [2.45, 2.75) is 45.2 Å². The van der Waals surface area contributed by atoms with E-state index in [2.05, 4.69) is 10.6 Å². The van der Waals surface area contributed by atoms with Gasteiger partial charge in [-0.1, -0.05) is 44.2 Å². The molecule has 2 saturated heterocycles. The van der Waals surface area contributed by atoms with Gasteiger partial charge < -0.3 is 25.0 Å². The van der Waals surface area contributed by atoms with Crippen LogP contribution in [0.15, 0.2) is 30.3 Å². The summed E-state index contributed by atoms with van der Waals surface area (Å²) in [6.07, 6.45) is -0.632. The molecule has 1 aromatic rings. The Morgan fingerprint density at radius 1 is 1.30 bits per heavy atom. The third-order valence-electron chi connectivity index (χ3n) is 4.59. The molecular formula is C19H25N3O5. The van der Waals surface area contributed by atoms with Crippen molar-refractivity contribution in [3.05, 3.63) is 35.9 Å². The van der Waals surface area contributed by atoms with Crippen LogP contribution in [0.1, 0.15) is 25.8 Å². The van der Waals surface area contributed by atoms with Crippen LogP contribution in [0, 0.1) is 5.92 Å². The molecule has 0 aliphatic carbocycles. The Morgan fingerprint density at radius 3 is 2.74 bits per heavy atom. The molecule has 0 unspecified atom stereocenters. The van der Waals surface area contributed by atoms with Gasteiger partial charge in [0.25, 0.3) is 5.91 Å². The summed E-state index contributed by atoms with van der Waals surface area (Å²) in [5.41, 5.74) is 0.857. The molecule has 8 nitrogen and oxygen atoms in total. The number of nitrogens with zero attached hydrogens (tertiary/aromatic N) is 1. The molecule has 8 heteroatoms. The van der Waals surface area contributed by atoms with Gasteiger partial charge >= 0.3 is 6.09 Å². The van der Waals surface area contributed by atoms with Crippen LogP contribution in [0.3, 0.4) is 0 Å². The molecule has 3 amide bonds. The largest absolute Gasteiger partial charge is 0.445 e. The Balaban J connectivity index is 1.53. The fourth-order valence-corrected chi connectivity index (χ4v) is 3.22. The van der Waals surface area contributed by atoms with E-state index in [1.807, 2.05) is 44.2 Å². The lowest BCUT2D eigenvalue weighted by Gasteiger charge is -2.41. The van der Waals surface area contributed by atoms with Crippen molar-refractivity contribution in [2.24, 2.45) is 5.92 Å². The van der Waals surface area contributed by atoms with E-state index in [1.54, 1.807) is 4.90 Å². The zero-order valence-corrected chi connectivity index (χ0v) is 15.5. The van der Waals surface area contributed by atoms with Crippen LogP contribution in [0.4, 0.5) is 4.79 Å². The highest BCUT2D eigenvalue weighted by atomic mass is 16.5. The Bertz CT molecular complexity index is 694. The third kappa shape index (κ3) is 4.57. The summed E-state index contributed by atoms with van der Waals surface area (Å²) in [4.78, 5) is 38.3. The molecular weight excluding hydrogens is 350 g/mol. The smallest absolute Gasteiger partial charge is 0.408 e. The number of fused-ring (bicyclic) bond motifs is 1. The fraction of sp³-hybridized carbons (Fsp3) is 0.526. The maximum Gasteiger partial charge on any atom is 0.408 e. The van der Waals surface area contributed by atoms with E-state index in [-0.39, 0.29) is 18.4 Å². The number of nitrogens with one attached hydrogen (secondary N) is 2. The van der Waals surface area contributed by atoms with E-state index in [9.17, 15) is 14.4 Å². The lowest BCUT2D eigenvalue weighted by Crippen LogP contribution is -2.70. The Morgan fingerprint density at radius 2 is 2.04 bits per heavy atom. The molecule has 1 aromatic carbocycles. The zero-order chi connectivity index (χ0) is 19.4. The van der Waals surface area contributed by atoms with Crippen LogP contribution in [0.25, 0.3) is 0 Å². The number of rotatable bonds is 7. The van der Waals surface area contributed by atoms with Gasteiger partial charge in [-0.2, -0.15) is 0 Å². The second kappa shape index (κ2) is 8.39. The lowest BCUT2D eigenvalue weighted by molar-refractivity contribution is -0.165. The monoisotopic (exact) mass is 375 g/mol. The van der Waals surface area contributed by atoms with E-state index >= 15 is 0 Å². The van der Waals surface area contributed by atoms with Gasteiger partial charge in [-0.15, -0.1) is 0 Å². The first kappa shape index (κ1) is 19.2. The van der Waals surface area contributed by atoms with E-state index in [4.69, 9.17) is 9.47 Å². The Labute approximate surface area is 158 Å². The first-order valence-electron chi connectivity index (χ1n) is 9.15. The maximum atomic E-state index is 12.6. The maximum absolute atomic E-state index is 12.6. The summed E-state index contributed by atoms with van der Waals surface area (Å²) in [6, 6.07) is 7.82. The normalized spacial score (nSPS) is 22.0. The molecule has 146 valence electrons. The molecule has 0 aromatic heterocycles. The second-order valence-electron chi connectivity index (χ2n) is 7.17. The lowest BCUT2D eigenvalue weighted by atomic mass is 10.0. The molecule has 0 radical (unpaired) electrons. The van der Waals surface area contributed by atoms with Crippen LogP contribution in [-0.4, -0.2) is 54.3 Å². The second-order valence-corrected chi connectivity index (χ2v) is 7.17. The van der Waals surface area contributed by atoms with E-state index in [0.29, 0.717) is 19.6 Å². The average molecular weight is 375 g/mol. The number of carbonyl (C=O) groups excluding carboxylic acids is 3. The van der Waals surface area contributed by atoms with Crippen molar-refractivity contribution in [1.29, 1.82) is 0 Å². The van der Waals surface area contributed by atoms with E-state index in [1.165, 1.54) is 0 Å². The molecule has 2 aliphatic rings. The molecule has 0 spiro atoms. The number of benzene rings is 1. The van der Waals surface area contributed by atoms with Crippen LogP contribution in [0.5, 0.6) is 0 Å². The van der Waals surface area contributed by atoms with Gasteiger partial charge in [0, 0.05) is 6.54 Å². The van der Waals surface area contributed by atoms with Gasteiger partial charge in [0.2, 0.25) is 5.91 Å². The minimum atomic E-state index is -0.781. The number of ether oxygens (including phenoxy) is 2. The Kier molecular flexibility index (Phi) is 5.95. The third-order valence-corrected chi connectivity index (χ3v) is 4.59. The van der Waals surface area contributed by atoms with E-state index in [0.717, 1.165) is 5.56 Å². The number of hydrogen-bond donors (Lipinski definition) is 2. The first-order valence-corrected chi connectivity index (χ1v) is 9.15. The summed E-state index contributed by atoms with van der Waals surface area (Å²) < 4.78 is 10.6. The molecule has 3 atom stereocenters. The highest BCUT2D eigenvalue weighted by Gasteiger charge is 2.52. The number of carbonyl (C=O) groups is 3. The Hall–Kier alpha value is -2.61. The molecule has 2 aliphatic heterocycles. The zero-order valence-electron chi connectivity index (χ0n) is 15.5. The summed E-state index contributed by atoms with van der Waals surface area (Å²) in [5.74, 6) is -0.388.